The van der Waals surface area contributed by atoms with E-state index in [1.807, 2.05) is 27.7 Å². The predicted octanol–water partition coefficient (Wildman–Crippen LogP) is 1.55. The Balaban J connectivity index is 2.54. The highest BCUT2D eigenvalue weighted by molar-refractivity contribution is 4.73. The first-order chi connectivity index (χ1) is 4.01. The van der Waals surface area contributed by atoms with Crippen LogP contribution in [0.3, 0.4) is 0 Å². The van der Waals surface area contributed by atoms with Crippen LogP contribution in [0.15, 0.2) is 0 Å². The Labute approximate surface area is 56.2 Å². The maximum atomic E-state index is 5.44. The van der Waals surface area contributed by atoms with Crippen molar-refractivity contribution >= 4 is 0 Å². The molecule has 0 aromatic heterocycles. The zero-order valence-electron chi connectivity index (χ0n) is 6.47. The van der Waals surface area contributed by atoms with Gasteiger partial charge in [0.05, 0.1) is 12.2 Å². The van der Waals surface area contributed by atoms with Gasteiger partial charge in [0.1, 0.15) is 0 Å². The van der Waals surface area contributed by atoms with Crippen LogP contribution in [0.1, 0.15) is 27.7 Å². The van der Waals surface area contributed by atoms with E-state index in [1.54, 1.807) is 0 Å². The fourth-order valence-electron chi connectivity index (χ4n) is 1.11. The van der Waals surface area contributed by atoms with Gasteiger partial charge in [0.15, 0.2) is 5.79 Å². The minimum absolute atomic E-state index is 0.236. The molecule has 1 fully saturated rings. The van der Waals surface area contributed by atoms with Crippen molar-refractivity contribution in [3.05, 3.63) is 0 Å². The first-order valence-corrected chi connectivity index (χ1v) is 3.37. The van der Waals surface area contributed by atoms with Gasteiger partial charge in [-0.05, 0) is 27.7 Å². The Morgan fingerprint density at radius 2 is 1.33 bits per heavy atom. The van der Waals surface area contributed by atoms with Crippen LogP contribution in [0, 0.1) is 0 Å². The number of hydrogen-bond acceptors (Lipinski definition) is 2. The molecule has 54 valence electrons. The van der Waals surface area contributed by atoms with E-state index >= 15 is 0 Å². The first-order valence-electron chi connectivity index (χ1n) is 3.37. The molecular weight excluding hydrogens is 116 g/mol. The summed E-state index contributed by atoms with van der Waals surface area (Å²) in [6.45, 7) is 7.93. The van der Waals surface area contributed by atoms with E-state index in [9.17, 15) is 0 Å². The summed E-state index contributed by atoms with van der Waals surface area (Å²) in [5, 5.41) is 0. The van der Waals surface area contributed by atoms with E-state index in [-0.39, 0.29) is 18.0 Å². The monoisotopic (exact) mass is 130 g/mol. The van der Waals surface area contributed by atoms with E-state index in [0.29, 0.717) is 0 Å². The Kier molecular flexibility index (Phi) is 1.53. The quantitative estimate of drug-likeness (QED) is 0.495. The second-order valence-electron chi connectivity index (χ2n) is 3.05. The SMILES string of the molecule is C[C@@H]1OC(C)(C)O[C@H]1C. The highest BCUT2D eigenvalue weighted by Gasteiger charge is 2.35. The van der Waals surface area contributed by atoms with Crippen LogP contribution in [0.4, 0.5) is 0 Å². The molecule has 1 rings (SSSR count). The van der Waals surface area contributed by atoms with Crippen LogP contribution in [0.2, 0.25) is 0 Å². The third kappa shape index (κ3) is 1.43. The average Bonchev–Trinajstić information content (AvgIpc) is 1.79. The Morgan fingerprint density at radius 1 is 1.00 bits per heavy atom. The van der Waals surface area contributed by atoms with Crippen LogP contribution in [0.5, 0.6) is 0 Å². The van der Waals surface area contributed by atoms with Crippen molar-refractivity contribution in [2.45, 2.75) is 45.7 Å². The lowest BCUT2D eigenvalue weighted by atomic mass is 10.3. The van der Waals surface area contributed by atoms with Gasteiger partial charge in [-0.2, -0.15) is 0 Å². The molecule has 0 bridgehead atoms. The summed E-state index contributed by atoms with van der Waals surface area (Å²) in [4.78, 5) is 0. The minimum Gasteiger partial charge on any atom is -0.345 e. The van der Waals surface area contributed by atoms with Gasteiger partial charge in [-0.3, -0.25) is 0 Å². The van der Waals surface area contributed by atoms with E-state index in [1.165, 1.54) is 0 Å². The Morgan fingerprint density at radius 3 is 1.44 bits per heavy atom. The second kappa shape index (κ2) is 1.96. The largest absolute Gasteiger partial charge is 0.345 e. The molecule has 2 nitrogen and oxygen atoms in total. The second-order valence-corrected chi connectivity index (χ2v) is 3.05. The van der Waals surface area contributed by atoms with E-state index in [4.69, 9.17) is 9.47 Å². The smallest absolute Gasteiger partial charge is 0.163 e. The standard InChI is InChI=1S/C7H14O2/c1-5-6(2)9-7(3,4)8-5/h5-6H,1-4H3/t5-,6-/m0/s1. The van der Waals surface area contributed by atoms with Gasteiger partial charge in [-0.15, -0.1) is 0 Å². The van der Waals surface area contributed by atoms with Gasteiger partial charge in [0, 0.05) is 0 Å². The fraction of sp³-hybridized carbons (Fsp3) is 1.00. The van der Waals surface area contributed by atoms with Gasteiger partial charge in [-0.1, -0.05) is 0 Å². The maximum Gasteiger partial charge on any atom is 0.163 e. The third-order valence-electron chi connectivity index (χ3n) is 1.60. The normalized spacial score (nSPS) is 41.3. The molecule has 0 radical (unpaired) electrons. The van der Waals surface area contributed by atoms with Gasteiger partial charge in [0.25, 0.3) is 0 Å². The van der Waals surface area contributed by atoms with Crippen LogP contribution < -0.4 is 0 Å². The highest BCUT2D eigenvalue weighted by Crippen LogP contribution is 2.26. The van der Waals surface area contributed by atoms with Gasteiger partial charge >= 0.3 is 0 Å². The van der Waals surface area contributed by atoms with Crippen LogP contribution in [0.25, 0.3) is 0 Å². The number of ether oxygens (including phenoxy) is 2. The molecule has 9 heavy (non-hydrogen) atoms. The molecule has 1 saturated heterocycles. The molecule has 0 spiro atoms. The van der Waals surface area contributed by atoms with Crippen molar-refractivity contribution in [3.63, 3.8) is 0 Å². The van der Waals surface area contributed by atoms with Crippen molar-refractivity contribution in [1.82, 2.24) is 0 Å². The molecule has 2 atom stereocenters. The summed E-state index contributed by atoms with van der Waals surface area (Å²) in [5.41, 5.74) is 0. The molecule has 0 saturated carbocycles. The predicted molar refractivity (Wildman–Crippen MR) is 35.2 cm³/mol. The van der Waals surface area contributed by atoms with E-state index in [2.05, 4.69) is 0 Å². The summed E-state index contributed by atoms with van der Waals surface area (Å²) in [5.74, 6) is -0.362. The maximum absolute atomic E-state index is 5.44. The topological polar surface area (TPSA) is 18.5 Å². The summed E-state index contributed by atoms with van der Waals surface area (Å²) >= 11 is 0. The molecule has 0 unspecified atom stereocenters. The highest BCUT2D eigenvalue weighted by atomic mass is 16.7. The summed E-state index contributed by atoms with van der Waals surface area (Å²) in [6, 6.07) is 0. The van der Waals surface area contributed by atoms with Crippen LogP contribution in [-0.2, 0) is 9.47 Å². The summed E-state index contributed by atoms with van der Waals surface area (Å²) in [7, 11) is 0. The molecule has 0 aromatic carbocycles. The summed E-state index contributed by atoms with van der Waals surface area (Å²) < 4.78 is 10.9. The lowest BCUT2D eigenvalue weighted by Crippen LogP contribution is -2.20. The lowest BCUT2D eigenvalue weighted by molar-refractivity contribution is -0.143. The number of rotatable bonds is 0. The van der Waals surface area contributed by atoms with Crippen molar-refractivity contribution in [1.29, 1.82) is 0 Å². The zero-order valence-corrected chi connectivity index (χ0v) is 6.47. The molecule has 1 aliphatic heterocycles. The Bertz CT molecular complexity index is 97.5. The van der Waals surface area contributed by atoms with Gasteiger partial charge in [0.2, 0.25) is 0 Å². The molecule has 2 heteroatoms. The molecule has 1 heterocycles. The third-order valence-corrected chi connectivity index (χ3v) is 1.60. The molecule has 1 aliphatic rings. The number of hydrogen-bond donors (Lipinski definition) is 0. The van der Waals surface area contributed by atoms with Crippen LogP contribution in [-0.4, -0.2) is 18.0 Å². The minimum atomic E-state index is -0.362. The molecule has 0 amide bonds. The fourth-order valence-corrected chi connectivity index (χ4v) is 1.11. The first kappa shape index (κ1) is 7.03. The van der Waals surface area contributed by atoms with Gasteiger partial charge < -0.3 is 9.47 Å². The van der Waals surface area contributed by atoms with E-state index in [0.717, 1.165) is 0 Å². The Hall–Kier alpha value is -0.0800. The van der Waals surface area contributed by atoms with Crippen molar-refractivity contribution < 1.29 is 9.47 Å². The molecular formula is C7H14O2. The molecule has 0 aromatic rings. The zero-order chi connectivity index (χ0) is 7.07. The molecule has 0 aliphatic carbocycles. The van der Waals surface area contributed by atoms with Gasteiger partial charge in [-0.25, -0.2) is 0 Å². The van der Waals surface area contributed by atoms with Crippen LogP contribution >= 0.6 is 0 Å². The van der Waals surface area contributed by atoms with E-state index < -0.39 is 0 Å². The van der Waals surface area contributed by atoms with Crippen molar-refractivity contribution in [2.24, 2.45) is 0 Å². The lowest BCUT2D eigenvalue weighted by Gasteiger charge is -2.15. The average molecular weight is 130 g/mol. The van der Waals surface area contributed by atoms with Crippen molar-refractivity contribution in [2.75, 3.05) is 0 Å². The molecule has 0 N–H and O–H groups in total. The van der Waals surface area contributed by atoms with Crippen molar-refractivity contribution in [3.8, 4) is 0 Å². The summed E-state index contributed by atoms with van der Waals surface area (Å²) in [6.07, 6.45) is 0.472.